The maximum Gasteiger partial charge on any atom is 0.277 e. The van der Waals surface area contributed by atoms with Crippen LogP contribution < -0.4 is 10.2 Å². The number of nitrogens with zero attached hydrogens (tertiary/aromatic N) is 2. The lowest BCUT2D eigenvalue weighted by Gasteiger charge is -2.07. The SMILES string of the molecule is O=C(COc1cc(Cl)ccc1Cl)N/N=C\c1cccnc1. The summed E-state index contributed by atoms with van der Waals surface area (Å²) in [5.74, 6) is -0.0678. The van der Waals surface area contributed by atoms with Crippen LogP contribution in [-0.4, -0.2) is 23.7 Å². The molecule has 2 aromatic rings. The second-order valence-electron chi connectivity index (χ2n) is 3.94. The van der Waals surface area contributed by atoms with Crippen molar-refractivity contribution in [2.45, 2.75) is 0 Å². The van der Waals surface area contributed by atoms with E-state index in [2.05, 4.69) is 15.5 Å². The summed E-state index contributed by atoms with van der Waals surface area (Å²) in [6.07, 6.45) is 4.76. The van der Waals surface area contributed by atoms with Crippen LogP contribution in [0.4, 0.5) is 0 Å². The summed E-state index contributed by atoms with van der Waals surface area (Å²) in [5, 5.41) is 4.65. The second kappa shape index (κ2) is 7.61. The quantitative estimate of drug-likeness (QED) is 0.679. The molecule has 0 aliphatic rings. The van der Waals surface area contributed by atoms with Crippen LogP contribution in [0.1, 0.15) is 5.56 Å². The summed E-state index contributed by atoms with van der Waals surface area (Å²) in [4.78, 5) is 15.5. The van der Waals surface area contributed by atoms with Gasteiger partial charge in [-0.2, -0.15) is 5.10 Å². The molecule has 2 rings (SSSR count). The molecular formula is C14H11Cl2N3O2. The molecule has 7 heteroatoms. The van der Waals surface area contributed by atoms with Gasteiger partial charge in [-0.25, -0.2) is 5.43 Å². The van der Waals surface area contributed by atoms with Crippen molar-refractivity contribution in [2.75, 3.05) is 6.61 Å². The zero-order valence-corrected chi connectivity index (χ0v) is 12.3. The number of hydrazone groups is 1. The maximum absolute atomic E-state index is 11.6. The van der Waals surface area contributed by atoms with E-state index in [4.69, 9.17) is 27.9 Å². The van der Waals surface area contributed by atoms with Crippen LogP contribution >= 0.6 is 23.2 Å². The van der Waals surface area contributed by atoms with Crippen molar-refractivity contribution in [1.29, 1.82) is 0 Å². The second-order valence-corrected chi connectivity index (χ2v) is 4.79. The van der Waals surface area contributed by atoms with Gasteiger partial charge in [0.2, 0.25) is 0 Å². The molecule has 1 N–H and O–H groups in total. The van der Waals surface area contributed by atoms with E-state index in [1.807, 2.05) is 6.07 Å². The molecule has 0 spiro atoms. The summed E-state index contributed by atoms with van der Waals surface area (Å²) in [6.45, 7) is -0.218. The number of amides is 1. The standard InChI is InChI=1S/C14H11Cl2N3O2/c15-11-3-4-12(16)13(6-11)21-9-14(20)19-18-8-10-2-1-5-17-7-10/h1-8H,9H2,(H,19,20)/b18-8-. The zero-order valence-electron chi connectivity index (χ0n) is 10.8. The Hall–Kier alpha value is -2.11. The fourth-order valence-electron chi connectivity index (χ4n) is 1.39. The minimum atomic E-state index is -0.411. The molecular weight excluding hydrogens is 313 g/mol. The van der Waals surface area contributed by atoms with Crippen molar-refractivity contribution in [3.63, 3.8) is 0 Å². The predicted octanol–water partition coefficient (Wildman–Crippen LogP) is 2.92. The molecule has 1 aromatic carbocycles. The van der Waals surface area contributed by atoms with Crippen molar-refractivity contribution in [2.24, 2.45) is 5.10 Å². The molecule has 0 saturated carbocycles. The molecule has 1 amide bonds. The van der Waals surface area contributed by atoms with E-state index in [1.54, 1.807) is 30.6 Å². The molecule has 0 radical (unpaired) electrons. The summed E-state index contributed by atoms with van der Waals surface area (Å²) < 4.78 is 5.27. The van der Waals surface area contributed by atoms with Crippen LogP contribution in [0.2, 0.25) is 10.0 Å². The number of hydrogen-bond acceptors (Lipinski definition) is 4. The van der Waals surface area contributed by atoms with Crippen molar-refractivity contribution >= 4 is 35.3 Å². The van der Waals surface area contributed by atoms with E-state index in [1.165, 1.54) is 12.3 Å². The minimum Gasteiger partial charge on any atom is -0.482 e. The van der Waals surface area contributed by atoms with Gasteiger partial charge in [0.1, 0.15) is 5.75 Å². The molecule has 0 saturated heterocycles. The van der Waals surface area contributed by atoms with Gasteiger partial charge in [-0.3, -0.25) is 9.78 Å². The Bertz CT molecular complexity index is 648. The van der Waals surface area contributed by atoms with Crippen LogP contribution in [0.25, 0.3) is 0 Å². The first-order chi connectivity index (χ1) is 10.1. The molecule has 0 fully saturated rings. The highest BCUT2D eigenvalue weighted by Crippen LogP contribution is 2.27. The Balaban J connectivity index is 1.82. The molecule has 0 aliphatic heterocycles. The highest BCUT2D eigenvalue weighted by molar-refractivity contribution is 6.34. The monoisotopic (exact) mass is 323 g/mol. The lowest BCUT2D eigenvalue weighted by Crippen LogP contribution is -2.24. The Kier molecular flexibility index (Phi) is 5.54. The highest BCUT2D eigenvalue weighted by Gasteiger charge is 2.05. The number of rotatable bonds is 5. The van der Waals surface area contributed by atoms with Gasteiger partial charge in [0, 0.05) is 29.0 Å². The highest BCUT2D eigenvalue weighted by atomic mass is 35.5. The van der Waals surface area contributed by atoms with Gasteiger partial charge in [0.05, 0.1) is 11.2 Å². The lowest BCUT2D eigenvalue weighted by atomic mass is 10.3. The molecule has 5 nitrogen and oxygen atoms in total. The van der Waals surface area contributed by atoms with Crippen LogP contribution in [0.3, 0.4) is 0 Å². The first-order valence-electron chi connectivity index (χ1n) is 5.95. The maximum atomic E-state index is 11.6. The van der Waals surface area contributed by atoms with Gasteiger partial charge in [-0.1, -0.05) is 29.3 Å². The van der Waals surface area contributed by atoms with Gasteiger partial charge in [-0.05, 0) is 18.2 Å². The van der Waals surface area contributed by atoms with Crippen molar-refractivity contribution in [1.82, 2.24) is 10.4 Å². The van der Waals surface area contributed by atoms with Gasteiger partial charge < -0.3 is 4.74 Å². The lowest BCUT2D eigenvalue weighted by molar-refractivity contribution is -0.123. The van der Waals surface area contributed by atoms with E-state index in [0.717, 1.165) is 5.56 Å². The molecule has 21 heavy (non-hydrogen) atoms. The topological polar surface area (TPSA) is 63.6 Å². The Morgan fingerprint density at radius 2 is 2.24 bits per heavy atom. The van der Waals surface area contributed by atoms with Gasteiger partial charge >= 0.3 is 0 Å². The van der Waals surface area contributed by atoms with Crippen LogP contribution in [0, 0.1) is 0 Å². The summed E-state index contributed by atoms with van der Waals surface area (Å²) in [6, 6.07) is 8.35. The van der Waals surface area contributed by atoms with Crippen LogP contribution in [-0.2, 0) is 4.79 Å². The number of nitrogens with one attached hydrogen (secondary N) is 1. The summed E-state index contributed by atoms with van der Waals surface area (Å²) in [5.41, 5.74) is 3.11. The van der Waals surface area contributed by atoms with Crippen LogP contribution in [0.5, 0.6) is 5.75 Å². The first-order valence-corrected chi connectivity index (χ1v) is 6.70. The third-order valence-corrected chi connectivity index (χ3v) is 2.89. The van der Waals surface area contributed by atoms with Crippen molar-refractivity contribution < 1.29 is 9.53 Å². The summed E-state index contributed by atoms with van der Waals surface area (Å²) >= 11 is 11.7. The number of benzene rings is 1. The smallest absolute Gasteiger partial charge is 0.277 e. The Labute approximate surface area is 131 Å². The van der Waals surface area contributed by atoms with Gasteiger partial charge in [0.15, 0.2) is 6.61 Å². The van der Waals surface area contributed by atoms with E-state index < -0.39 is 5.91 Å². The number of hydrogen-bond donors (Lipinski definition) is 1. The van der Waals surface area contributed by atoms with E-state index >= 15 is 0 Å². The van der Waals surface area contributed by atoms with Crippen molar-refractivity contribution in [3.8, 4) is 5.75 Å². The predicted molar refractivity (Wildman–Crippen MR) is 81.9 cm³/mol. The largest absolute Gasteiger partial charge is 0.482 e. The molecule has 108 valence electrons. The number of halogens is 2. The number of pyridine rings is 1. The number of ether oxygens (including phenoxy) is 1. The molecule has 0 aliphatic carbocycles. The number of carbonyl (C=O) groups excluding carboxylic acids is 1. The fourth-order valence-corrected chi connectivity index (χ4v) is 1.73. The zero-order chi connectivity index (χ0) is 15.1. The third kappa shape index (κ3) is 5.06. The molecule has 1 heterocycles. The van der Waals surface area contributed by atoms with Crippen molar-refractivity contribution in [3.05, 3.63) is 58.3 Å². The molecule has 1 aromatic heterocycles. The van der Waals surface area contributed by atoms with Gasteiger partial charge in [-0.15, -0.1) is 0 Å². The first kappa shape index (κ1) is 15.3. The number of carbonyl (C=O) groups is 1. The number of aromatic nitrogens is 1. The van der Waals surface area contributed by atoms with E-state index in [9.17, 15) is 4.79 Å². The molecule has 0 unspecified atom stereocenters. The molecule has 0 atom stereocenters. The Morgan fingerprint density at radius 3 is 3.00 bits per heavy atom. The minimum absolute atomic E-state index is 0.218. The summed E-state index contributed by atoms with van der Waals surface area (Å²) in [7, 11) is 0. The average molecular weight is 324 g/mol. The Morgan fingerprint density at radius 1 is 1.38 bits per heavy atom. The van der Waals surface area contributed by atoms with E-state index in [-0.39, 0.29) is 6.61 Å². The van der Waals surface area contributed by atoms with Gasteiger partial charge in [0.25, 0.3) is 5.91 Å². The van der Waals surface area contributed by atoms with Crippen LogP contribution in [0.15, 0.2) is 47.8 Å². The fraction of sp³-hybridized carbons (Fsp3) is 0.0714. The molecule has 0 bridgehead atoms. The van der Waals surface area contributed by atoms with E-state index in [0.29, 0.717) is 15.8 Å². The third-order valence-electron chi connectivity index (χ3n) is 2.34. The average Bonchev–Trinajstić information content (AvgIpc) is 2.49. The normalized spacial score (nSPS) is 10.6.